The van der Waals surface area contributed by atoms with Crippen LogP contribution in [0, 0.1) is 6.92 Å². The summed E-state index contributed by atoms with van der Waals surface area (Å²) in [6.07, 6.45) is 1.07. The van der Waals surface area contributed by atoms with Crippen molar-refractivity contribution in [1.29, 1.82) is 0 Å². The third kappa shape index (κ3) is 8.10. The van der Waals surface area contributed by atoms with E-state index in [1.54, 1.807) is 31.2 Å². The molecule has 0 aliphatic carbocycles. The van der Waals surface area contributed by atoms with Crippen LogP contribution in [-0.2, 0) is 14.8 Å². The highest BCUT2D eigenvalue weighted by atomic mass is 32.2. The molecular formula is C34H42N4O8S. The van der Waals surface area contributed by atoms with Crippen molar-refractivity contribution in [3.63, 3.8) is 0 Å². The molecule has 5 rings (SSSR count). The number of carbonyl (C=O) groups is 1. The lowest BCUT2D eigenvalue weighted by Crippen LogP contribution is -2.45. The third-order valence-corrected chi connectivity index (χ3v) is 9.55. The van der Waals surface area contributed by atoms with E-state index in [9.17, 15) is 18.3 Å². The van der Waals surface area contributed by atoms with Crippen molar-refractivity contribution in [3.8, 4) is 17.2 Å². The number of carbonyl (C=O) groups excluding carboxylic acids is 1. The maximum atomic E-state index is 13.0. The molecule has 12 nitrogen and oxygen atoms in total. The zero-order valence-electron chi connectivity index (χ0n) is 27.0. The van der Waals surface area contributed by atoms with Crippen LogP contribution in [0.15, 0.2) is 65.6 Å². The van der Waals surface area contributed by atoms with Crippen molar-refractivity contribution in [3.05, 3.63) is 71.9 Å². The number of methoxy groups -OCH3 is 2. The van der Waals surface area contributed by atoms with E-state index in [0.717, 1.165) is 48.2 Å². The van der Waals surface area contributed by atoms with Gasteiger partial charge in [-0.15, -0.1) is 0 Å². The van der Waals surface area contributed by atoms with Gasteiger partial charge in [0.1, 0.15) is 18.5 Å². The molecule has 252 valence electrons. The predicted molar refractivity (Wildman–Crippen MR) is 181 cm³/mol. The molecule has 0 unspecified atom stereocenters. The van der Waals surface area contributed by atoms with E-state index in [4.69, 9.17) is 18.9 Å². The maximum Gasteiger partial charge on any atom is 0.340 e. The Balaban J connectivity index is 1.07. The summed E-state index contributed by atoms with van der Waals surface area (Å²) >= 11 is 0. The van der Waals surface area contributed by atoms with Gasteiger partial charge in [0.2, 0.25) is 0 Å². The van der Waals surface area contributed by atoms with Gasteiger partial charge in [0.05, 0.1) is 31.3 Å². The Morgan fingerprint density at radius 1 is 1.02 bits per heavy atom. The van der Waals surface area contributed by atoms with Gasteiger partial charge in [-0.05, 0) is 81.3 Å². The molecule has 2 heterocycles. The number of rotatable bonds is 14. The number of aromatic amines is 1. The lowest BCUT2D eigenvalue weighted by atomic mass is 10.0. The molecule has 1 aliphatic rings. The second kappa shape index (κ2) is 15.0. The van der Waals surface area contributed by atoms with Crippen molar-refractivity contribution < 1.29 is 37.3 Å². The summed E-state index contributed by atoms with van der Waals surface area (Å²) in [7, 11) is -0.871. The highest BCUT2D eigenvalue weighted by Gasteiger charge is 2.22. The second-order valence-electron chi connectivity index (χ2n) is 11.4. The quantitative estimate of drug-likeness (QED) is 0.142. The number of anilines is 2. The zero-order valence-corrected chi connectivity index (χ0v) is 27.9. The van der Waals surface area contributed by atoms with Gasteiger partial charge in [-0.3, -0.25) is 4.72 Å². The minimum Gasteiger partial charge on any atom is -0.493 e. The molecule has 0 amide bonds. The topological polar surface area (TPSA) is 151 Å². The van der Waals surface area contributed by atoms with Crippen LogP contribution in [0.3, 0.4) is 0 Å². The SMILES string of the molecule is CCOC(=O)c1c(C)[nH]c2ccc(OC[C@H](O)CNC3CCN(c4ccc(NS(=O)(=O)c5ccc(OC)c(OC)c5)cc4)CC3)cc12. The Kier molecular flexibility index (Phi) is 10.8. The number of hydrogen-bond acceptors (Lipinski definition) is 10. The summed E-state index contributed by atoms with van der Waals surface area (Å²) in [6.45, 7) is 6.03. The Morgan fingerprint density at radius 2 is 1.74 bits per heavy atom. The van der Waals surface area contributed by atoms with Gasteiger partial charge in [0, 0.05) is 59.7 Å². The summed E-state index contributed by atoms with van der Waals surface area (Å²) in [5, 5.41) is 14.8. The maximum absolute atomic E-state index is 13.0. The number of H-pyrrole nitrogens is 1. The number of hydrogen-bond donors (Lipinski definition) is 4. The third-order valence-electron chi connectivity index (χ3n) is 8.17. The summed E-state index contributed by atoms with van der Waals surface area (Å²) in [5.74, 6) is 0.966. The van der Waals surface area contributed by atoms with Gasteiger partial charge in [-0.25, -0.2) is 13.2 Å². The van der Waals surface area contributed by atoms with Crippen LogP contribution < -0.4 is 29.1 Å². The van der Waals surface area contributed by atoms with Crippen molar-refractivity contribution >= 4 is 38.3 Å². The van der Waals surface area contributed by atoms with Crippen LogP contribution >= 0.6 is 0 Å². The average molecular weight is 667 g/mol. The van der Waals surface area contributed by atoms with Crippen LogP contribution in [-0.4, -0.2) is 83.7 Å². The second-order valence-corrected chi connectivity index (χ2v) is 13.0. The lowest BCUT2D eigenvalue weighted by molar-refractivity contribution is 0.0528. The van der Waals surface area contributed by atoms with Gasteiger partial charge >= 0.3 is 5.97 Å². The molecule has 0 saturated carbocycles. The number of fused-ring (bicyclic) bond motifs is 1. The standard InChI is InChI=1S/C34H42N4O8S/c1-5-45-34(40)33-22(2)36-30-12-10-27(18-29(30)33)46-21-26(39)20-35-23-14-16-38(17-15-23)25-8-6-24(7-9-25)37-47(41,42)28-11-13-31(43-3)32(19-28)44-4/h6-13,18-19,23,26,35-37,39H,5,14-17,20-21H2,1-4H3/t26-/m1/s1. The number of nitrogens with zero attached hydrogens (tertiary/aromatic N) is 1. The molecule has 47 heavy (non-hydrogen) atoms. The molecule has 13 heteroatoms. The Labute approximate surface area is 275 Å². The van der Waals surface area contributed by atoms with Crippen molar-refractivity contribution in [2.75, 3.05) is 56.7 Å². The Morgan fingerprint density at radius 3 is 2.43 bits per heavy atom. The summed E-state index contributed by atoms with van der Waals surface area (Å²) < 4.78 is 50.0. The molecule has 1 atom stereocenters. The van der Waals surface area contributed by atoms with Crippen LogP contribution in [0.2, 0.25) is 0 Å². The average Bonchev–Trinajstić information content (AvgIpc) is 3.41. The molecule has 1 fully saturated rings. The number of aliphatic hydroxyl groups is 1. The molecule has 1 aliphatic heterocycles. The molecule has 0 radical (unpaired) electrons. The first-order valence-corrected chi connectivity index (χ1v) is 17.0. The fourth-order valence-electron chi connectivity index (χ4n) is 5.70. The molecule has 3 aromatic carbocycles. The number of benzene rings is 3. The monoisotopic (exact) mass is 666 g/mol. The highest BCUT2D eigenvalue weighted by molar-refractivity contribution is 7.92. The predicted octanol–water partition coefficient (Wildman–Crippen LogP) is 4.47. The van der Waals surface area contributed by atoms with Gasteiger partial charge in [0.15, 0.2) is 11.5 Å². The fourth-order valence-corrected chi connectivity index (χ4v) is 6.77. The molecule has 0 bridgehead atoms. The first kappa shape index (κ1) is 33.9. The number of nitrogens with one attached hydrogen (secondary N) is 3. The number of aryl methyl sites for hydroxylation is 1. The van der Waals surface area contributed by atoms with Gasteiger partial charge in [-0.1, -0.05) is 0 Å². The minimum atomic E-state index is -3.82. The number of ether oxygens (including phenoxy) is 4. The molecule has 1 aromatic heterocycles. The number of aromatic nitrogens is 1. The summed E-state index contributed by atoms with van der Waals surface area (Å²) in [6, 6.07) is 17.5. The van der Waals surface area contributed by atoms with Crippen LogP contribution in [0.25, 0.3) is 10.9 Å². The van der Waals surface area contributed by atoms with Crippen molar-refractivity contribution in [2.24, 2.45) is 0 Å². The van der Waals surface area contributed by atoms with Gasteiger partial charge < -0.3 is 39.3 Å². The number of aliphatic hydroxyl groups excluding tert-OH is 1. The van der Waals surface area contributed by atoms with Crippen molar-refractivity contribution in [2.45, 2.75) is 43.7 Å². The highest BCUT2D eigenvalue weighted by Crippen LogP contribution is 2.31. The number of sulfonamides is 1. The summed E-state index contributed by atoms with van der Waals surface area (Å²) in [5.41, 5.74) is 3.51. The smallest absolute Gasteiger partial charge is 0.340 e. The van der Waals surface area contributed by atoms with E-state index >= 15 is 0 Å². The number of esters is 1. The summed E-state index contributed by atoms with van der Waals surface area (Å²) in [4.78, 5) is 18.0. The van der Waals surface area contributed by atoms with E-state index in [1.165, 1.54) is 26.4 Å². The van der Waals surface area contributed by atoms with Crippen LogP contribution in [0.1, 0.15) is 35.8 Å². The zero-order chi connectivity index (χ0) is 33.6. The minimum absolute atomic E-state index is 0.0726. The fraction of sp³-hybridized carbons (Fsp3) is 0.382. The molecule has 1 saturated heterocycles. The van der Waals surface area contributed by atoms with E-state index in [-0.39, 0.29) is 23.5 Å². The van der Waals surface area contributed by atoms with Gasteiger partial charge in [-0.2, -0.15) is 0 Å². The largest absolute Gasteiger partial charge is 0.493 e. The van der Waals surface area contributed by atoms with E-state index < -0.39 is 16.1 Å². The van der Waals surface area contributed by atoms with E-state index in [2.05, 4.69) is 19.9 Å². The van der Waals surface area contributed by atoms with Gasteiger partial charge in [0.25, 0.3) is 10.0 Å². The number of piperidine rings is 1. The van der Waals surface area contributed by atoms with E-state index in [1.807, 2.05) is 31.2 Å². The molecule has 4 aromatic rings. The molecule has 0 spiro atoms. The van der Waals surface area contributed by atoms with E-state index in [0.29, 0.717) is 41.7 Å². The first-order chi connectivity index (χ1) is 22.6. The van der Waals surface area contributed by atoms with Crippen LogP contribution in [0.5, 0.6) is 17.2 Å². The van der Waals surface area contributed by atoms with Crippen LogP contribution in [0.4, 0.5) is 11.4 Å². The Bertz CT molecular complexity index is 1780. The Hall–Kier alpha value is -4.46. The molecule has 4 N–H and O–H groups in total. The molecular weight excluding hydrogens is 624 g/mol. The normalized spacial score (nSPS) is 14.5. The lowest BCUT2D eigenvalue weighted by Gasteiger charge is -2.34. The van der Waals surface area contributed by atoms with Crippen molar-refractivity contribution in [1.82, 2.24) is 10.3 Å². The first-order valence-electron chi connectivity index (χ1n) is 15.6.